The van der Waals surface area contributed by atoms with Crippen LogP contribution in [-0.2, 0) is 4.79 Å². The average molecular weight is 349 g/mol. The van der Waals surface area contributed by atoms with E-state index in [0.717, 1.165) is 18.7 Å². The molecule has 1 aromatic carbocycles. The van der Waals surface area contributed by atoms with Crippen molar-refractivity contribution in [2.75, 3.05) is 18.0 Å². The van der Waals surface area contributed by atoms with Crippen molar-refractivity contribution < 1.29 is 4.79 Å². The number of hydrogen-bond donors (Lipinski definition) is 1. The molecule has 0 atom stereocenters. The minimum Gasteiger partial charge on any atom is -0.372 e. The molecule has 1 fully saturated rings. The summed E-state index contributed by atoms with van der Waals surface area (Å²) in [5, 5.41) is 2.64. The number of anilines is 1. The molecule has 1 aliphatic rings. The normalized spacial score (nSPS) is 16.0. The third-order valence-electron chi connectivity index (χ3n) is 3.76. The van der Waals surface area contributed by atoms with Gasteiger partial charge in [-0.15, -0.1) is 0 Å². The lowest BCUT2D eigenvalue weighted by molar-refractivity contribution is -0.115. The van der Waals surface area contributed by atoms with Crippen LogP contribution >= 0.6 is 24.0 Å². The molecule has 2 rings (SSSR count). The monoisotopic (exact) mass is 348 g/mol. The summed E-state index contributed by atoms with van der Waals surface area (Å²) in [6, 6.07) is 8.44. The van der Waals surface area contributed by atoms with E-state index in [0.29, 0.717) is 9.23 Å². The Morgan fingerprint density at radius 3 is 2.22 bits per heavy atom. The van der Waals surface area contributed by atoms with Crippen molar-refractivity contribution in [1.29, 1.82) is 0 Å². The van der Waals surface area contributed by atoms with Gasteiger partial charge >= 0.3 is 0 Å². The summed E-state index contributed by atoms with van der Waals surface area (Å²) in [7, 11) is 0. The Hall–Kier alpha value is -1.33. The molecule has 3 nitrogen and oxygen atoms in total. The van der Waals surface area contributed by atoms with E-state index in [1.807, 2.05) is 6.08 Å². The average Bonchev–Trinajstić information content (AvgIpc) is 2.86. The minimum atomic E-state index is -0.100. The van der Waals surface area contributed by atoms with E-state index in [1.165, 1.54) is 43.1 Å². The summed E-state index contributed by atoms with van der Waals surface area (Å²) in [6.45, 7) is 6.65. The number of amides is 1. The van der Waals surface area contributed by atoms with Crippen LogP contribution in [-0.4, -0.2) is 23.3 Å². The van der Waals surface area contributed by atoms with Crippen LogP contribution in [0.4, 0.5) is 5.69 Å². The van der Waals surface area contributed by atoms with Crippen molar-refractivity contribution >= 4 is 46.0 Å². The molecule has 23 heavy (non-hydrogen) atoms. The van der Waals surface area contributed by atoms with Crippen LogP contribution in [0.15, 0.2) is 29.2 Å². The lowest BCUT2D eigenvalue weighted by atomic mass is 10.1. The summed E-state index contributed by atoms with van der Waals surface area (Å²) in [4.78, 5) is 14.8. The first kappa shape index (κ1) is 18.0. The Bertz CT molecular complexity index is 573. The van der Waals surface area contributed by atoms with E-state index >= 15 is 0 Å². The van der Waals surface area contributed by atoms with Gasteiger partial charge in [0.1, 0.15) is 4.32 Å². The summed E-state index contributed by atoms with van der Waals surface area (Å²) < 4.78 is 0.531. The van der Waals surface area contributed by atoms with Crippen LogP contribution in [0.1, 0.15) is 45.1 Å². The standard InChI is InChI=1S/C18H24N2OS2/c1-3-5-11-20(12-6-4-2)15-9-7-14(8-10-15)13-16-17(21)19-18(22)23-16/h7-10,13H,3-6,11-12H2,1-2H3,(H,19,21,22)/b16-13-. The van der Waals surface area contributed by atoms with Crippen LogP contribution in [0, 0.1) is 0 Å². The van der Waals surface area contributed by atoms with Crippen LogP contribution < -0.4 is 10.2 Å². The molecular formula is C18H24N2OS2. The molecule has 0 radical (unpaired) electrons. The molecule has 0 unspecified atom stereocenters. The topological polar surface area (TPSA) is 32.3 Å². The van der Waals surface area contributed by atoms with Gasteiger partial charge in [-0.3, -0.25) is 4.79 Å². The number of thioether (sulfide) groups is 1. The van der Waals surface area contributed by atoms with Gasteiger partial charge in [-0.05, 0) is 36.6 Å². The third kappa shape index (κ3) is 5.36. The molecule has 1 N–H and O–H groups in total. The number of carbonyl (C=O) groups is 1. The molecule has 1 saturated heterocycles. The molecule has 0 spiro atoms. The number of benzene rings is 1. The Morgan fingerprint density at radius 2 is 1.74 bits per heavy atom. The van der Waals surface area contributed by atoms with Crippen LogP contribution in [0.3, 0.4) is 0 Å². The van der Waals surface area contributed by atoms with Crippen LogP contribution in [0.5, 0.6) is 0 Å². The highest BCUT2D eigenvalue weighted by Crippen LogP contribution is 2.26. The quantitative estimate of drug-likeness (QED) is 0.550. The zero-order valence-electron chi connectivity index (χ0n) is 13.8. The van der Waals surface area contributed by atoms with Gasteiger partial charge in [0, 0.05) is 18.8 Å². The van der Waals surface area contributed by atoms with Gasteiger partial charge in [0.05, 0.1) is 4.91 Å². The fourth-order valence-electron chi connectivity index (χ4n) is 2.42. The fourth-order valence-corrected chi connectivity index (χ4v) is 3.47. The van der Waals surface area contributed by atoms with Crippen LogP contribution in [0.2, 0.25) is 0 Å². The Morgan fingerprint density at radius 1 is 1.13 bits per heavy atom. The number of rotatable bonds is 8. The van der Waals surface area contributed by atoms with E-state index in [2.05, 4.69) is 48.3 Å². The summed E-state index contributed by atoms with van der Waals surface area (Å²) >= 11 is 6.33. The van der Waals surface area contributed by atoms with Crippen molar-refractivity contribution in [1.82, 2.24) is 5.32 Å². The predicted molar refractivity (Wildman–Crippen MR) is 105 cm³/mol. The molecular weight excluding hydrogens is 324 g/mol. The molecule has 1 aliphatic heterocycles. The Balaban J connectivity index is 2.08. The van der Waals surface area contributed by atoms with Gasteiger partial charge < -0.3 is 10.2 Å². The first-order valence-corrected chi connectivity index (χ1v) is 9.46. The van der Waals surface area contributed by atoms with Crippen molar-refractivity contribution in [2.45, 2.75) is 39.5 Å². The van der Waals surface area contributed by atoms with Gasteiger partial charge in [-0.2, -0.15) is 0 Å². The van der Waals surface area contributed by atoms with Crippen molar-refractivity contribution in [3.63, 3.8) is 0 Å². The summed E-state index contributed by atoms with van der Waals surface area (Å²) in [5.41, 5.74) is 2.29. The molecule has 0 bridgehead atoms. The maximum absolute atomic E-state index is 11.7. The molecule has 0 aromatic heterocycles. The SMILES string of the molecule is CCCCN(CCCC)c1ccc(/C=C2\SC(=S)NC2=O)cc1. The molecule has 1 amide bonds. The molecule has 1 aromatic rings. The number of hydrogen-bond acceptors (Lipinski definition) is 4. The van der Waals surface area contributed by atoms with Crippen molar-refractivity contribution in [2.24, 2.45) is 0 Å². The largest absolute Gasteiger partial charge is 0.372 e. The molecule has 124 valence electrons. The number of carbonyl (C=O) groups excluding carboxylic acids is 1. The number of thiocarbonyl (C=S) groups is 1. The summed E-state index contributed by atoms with van der Waals surface area (Å²) in [6.07, 6.45) is 6.73. The lowest BCUT2D eigenvalue weighted by Crippen LogP contribution is -2.25. The van der Waals surface area contributed by atoms with E-state index in [-0.39, 0.29) is 5.91 Å². The number of nitrogens with zero attached hydrogens (tertiary/aromatic N) is 1. The zero-order chi connectivity index (χ0) is 16.7. The van der Waals surface area contributed by atoms with Gasteiger partial charge in [0.2, 0.25) is 0 Å². The number of nitrogens with one attached hydrogen (secondary N) is 1. The van der Waals surface area contributed by atoms with E-state index in [4.69, 9.17) is 12.2 Å². The Labute approximate surface area is 148 Å². The first-order chi connectivity index (χ1) is 11.1. The first-order valence-electron chi connectivity index (χ1n) is 8.24. The highest BCUT2D eigenvalue weighted by atomic mass is 32.2. The molecule has 1 heterocycles. The highest BCUT2D eigenvalue weighted by Gasteiger charge is 2.21. The maximum Gasteiger partial charge on any atom is 0.263 e. The second-order valence-corrected chi connectivity index (χ2v) is 7.36. The Kier molecular flexibility index (Phi) is 7.12. The molecule has 0 aliphatic carbocycles. The smallest absolute Gasteiger partial charge is 0.263 e. The van der Waals surface area contributed by atoms with Crippen molar-refractivity contribution in [3.8, 4) is 0 Å². The molecule has 5 heteroatoms. The molecule has 0 saturated carbocycles. The van der Waals surface area contributed by atoms with Crippen molar-refractivity contribution in [3.05, 3.63) is 34.7 Å². The highest BCUT2D eigenvalue weighted by molar-refractivity contribution is 8.26. The number of unbranched alkanes of at least 4 members (excludes halogenated alkanes) is 2. The third-order valence-corrected chi connectivity index (χ3v) is 4.92. The predicted octanol–water partition coefficient (Wildman–Crippen LogP) is 4.58. The van der Waals surface area contributed by atoms with E-state index in [9.17, 15) is 4.79 Å². The minimum absolute atomic E-state index is 0.100. The van der Waals surface area contributed by atoms with E-state index < -0.39 is 0 Å². The lowest BCUT2D eigenvalue weighted by Gasteiger charge is -2.24. The second kappa shape index (κ2) is 9.08. The summed E-state index contributed by atoms with van der Waals surface area (Å²) in [5.74, 6) is -0.100. The van der Waals surface area contributed by atoms with Gasteiger partial charge in [0.15, 0.2) is 0 Å². The van der Waals surface area contributed by atoms with Gasteiger partial charge in [0.25, 0.3) is 5.91 Å². The van der Waals surface area contributed by atoms with Gasteiger partial charge in [-0.1, -0.05) is 62.8 Å². The van der Waals surface area contributed by atoms with Crippen LogP contribution in [0.25, 0.3) is 6.08 Å². The second-order valence-electron chi connectivity index (χ2n) is 5.64. The fraction of sp³-hybridized carbons (Fsp3) is 0.444. The maximum atomic E-state index is 11.7. The van der Waals surface area contributed by atoms with Gasteiger partial charge in [-0.25, -0.2) is 0 Å². The zero-order valence-corrected chi connectivity index (χ0v) is 15.4. The van der Waals surface area contributed by atoms with E-state index in [1.54, 1.807) is 0 Å².